The monoisotopic (exact) mass is 510 g/mol. The zero-order chi connectivity index (χ0) is 25.1. The van der Waals surface area contributed by atoms with Crippen molar-refractivity contribution in [2.24, 2.45) is 0 Å². The molecule has 2 amide bonds. The Bertz CT molecular complexity index is 1020. The number of benzene rings is 2. The first-order chi connectivity index (χ1) is 16.2. The van der Waals surface area contributed by atoms with Crippen molar-refractivity contribution in [1.29, 1.82) is 0 Å². The maximum absolute atomic E-state index is 11.9. The minimum atomic E-state index is -0.961. The molecule has 0 unspecified atom stereocenters. The van der Waals surface area contributed by atoms with Gasteiger partial charge in [0.2, 0.25) is 0 Å². The second-order valence-corrected chi connectivity index (χ2v) is 7.16. The highest BCUT2D eigenvalue weighted by Crippen LogP contribution is 2.28. The number of hydrogen-bond acceptors (Lipinski definition) is 8. The second kappa shape index (κ2) is 13.1. The number of ether oxygens (including phenoxy) is 4. The van der Waals surface area contributed by atoms with Gasteiger partial charge in [0.1, 0.15) is 11.5 Å². The summed E-state index contributed by atoms with van der Waals surface area (Å²) >= 11 is 11.9. The van der Waals surface area contributed by atoms with Crippen molar-refractivity contribution in [1.82, 2.24) is 0 Å². The van der Waals surface area contributed by atoms with E-state index in [9.17, 15) is 19.2 Å². The quantitative estimate of drug-likeness (QED) is 0.368. The van der Waals surface area contributed by atoms with Crippen LogP contribution in [0.15, 0.2) is 48.6 Å². The van der Waals surface area contributed by atoms with E-state index in [1.165, 1.54) is 26.4 Å². The summed E-state index contributed by atoms with van der Waals surface area (Å²) in [7, 11) is 2.91. The Morgan fingerprint density at radius 1 is 0.735 bits per heavy atom. The van der Waals surface area contributed by atoms with Gasteiger partial charge in [-0.15, -0.1) is 0 Å². The fourth-order valence-corrected chi connectivity index (χ4v) is 2.90. The van der Waals surface area contributed by atoms with Gasteiger partial charge in [0, 0.05) is 23.5 Å². The number of amides is 2. The van der Waals surface area contributed by atoms with Crippen LogP contribution in [0.3, 0.4) is 0 Å². The average molecular weight is 511 g/mol. The minimum absolute atomic E-state index is 0.292. The van der Waals surface area contributed by atoms with Gasteiger partial charge in [-0.3, -0.25) is 9.59 Å². The number of halogens is 2. The Morgan fingerprint density at radius 3 is 1.44 bits per heavy atom. The fourth-order valence-electron chi connectivity index (χ4n) is 2.39. The van der Waals surface area contributed by atoms with Crippen molar-refractivity contribution in [2.45, 2.75) is 0 Å². The third-order valence-electron chi connectivity index (χ3n) is 3.92. The Labute approximate surface area is 204 Å². The maximum atomic E-state index is 11.9. The zero-order valence-corrected chi connectivity index (χ0v) is 19.6. The summed E-state index contributed by atoms with van der Waals surface area (Å²) in [6.45, 7) is -1.20. The Balaban J connectivity index is 1.71. The molecular weight excluding hydrogens is 491 g/mol. The summed E-state index contributed by atoms with van der Waals surface area (Å²) in [6, 6.07) is 9.17. The number of carbonyl (C=O) groups is 4. The lowest BCUT2D eigenvalue weighted by atomic mass is 10.3. The highest BCUT2D eigenvalue weighted by Gasteiger charge is 2.10. The van der Waals surface area contributed by atoms with Crippen LogP contribution < -0.4 is 20.1 Å². The van der Waals surface area contributed by atoms with Crippen LogP contribution in [0.25, 0.3) is 0 Å². The summed E-state index contributed by atoms with van der Waals surface area (Å²) in [4.78, 5) is 47.1. The Morgan fingerprint density at radius 2 is 1.12 bits per heavy atom. The van der Waals surface area contributed by atoms with E-state index in [4.69, 9.17) is 42.1 Å². The third-order valence-corrected chi connectivity index (χ3v) is 4.51. The molecule has 12 heteroatoms. The largest absolute Gasteiger partial charge is 0.495 e. The van der Waals surface area contributed by atoms with Crippen LogP contribution in [0, 0.1) is 0 Å². The molecule has 0 radical (unpaired) electrons. The van der Waals surface area contributed by atoms with E-state index in [0.717, 1.165) is 12.2 Å². The van der Waals surface area contributed by atoms with E-state index in [-0.39, 0.29) is 0 Å². The topological polar surface area (TPSA) is 129 Å². The lowest BCUT2D eigenvalue weighted by molar-refractivity contribution is -0.144. The first-order valence-corrected chi connectivity index (χ1v) is 10.3. The molecule has 0 aromatic heterocycles. The summed E-state index contributed by atoms with van der Waals surface area (Å²) < 4.78 is 19.5. The summed E-state index contributed by atoms with van der Waals surface area (Å²) in [6.07, 6.45) is 1.53. The Kier molecular flexibility index (Phi) is 10.2. The number of anilines is 2. The van der Waals surface area contributed by atoms with Gasteiger partial charge in [-0.1, -0.05) is 23.2 Å². The molecular formula is C22H20Cl2N2O8. The second-order valence-electron chi connectivity index (χ2n) is 6.34. The fraction of sp³-hybridized carbons (Fsp3) is 0.182. The third kappa shape index (κ3) is 8.64. The molecule has 0 atom stereocenters. The zero-order valence-electron chi connectivity index (χ0n) is 18.1. The SMILES string of the molecule is COc1ccc(NC(=O)COC(=O)/C=C/C(=O)OCC(=O)Nc2ccc(OC)c(Cl)c2)cc1Cl. The molecule has 0 aliphatic carbocycles. The molecule has 2 aromatic carbocycles. The van der Waals surface area contributed by atoms with Crippen LogP contribution in [0.4, 0.5) is 11.4 Å². The molecule has 2 aromatic rings. The van der Waals surface area contributed by atoms with Crippen LogP contribution >= 0.6 is 23.2 Å². The van der Waals surface area contributed by atoms with E-state index in [1.807, 2.05) is 0 Å². The number of methoxy groups -OCH3 is 2. The van der Waals surface area contributed by atoms with Gasteiger partial charge in [-0.2, -0.15) is 0 Å². The normalized spacial score (nSPS) is 10.4. The molecule has 0 heterocycles. The summed E-state index contributed by atoms with van der Waals surface area (Å²) in [5.74, 6) is -2.30. The number of carbonyl (C=O) groups excluding carboxylic acids is 4. The molecule has 180 valence electrons. The predicted octanol–water partition coefficient (Wildman–Crippen LogP) is 3.23. The first-order valence-electron chi connectivity index (χ1n) is 9.50. The van der Waals surface area contributed by atoms with Gasteiger partial charge in [0.15, 0.2) is 13.2 Å². The summed E-state index contributed by atoms with van der Waals surface area (Å²) in [5.41, 5.74) is 0.752. The van der Waals surface area contributed by atoms with Crippen molar-refractivity contribution >= 4 is 58.3 Å². The molecule has 34 heavy (non-hydrogen) atoms. The van der Waals surface area contributed by atoms with E-state index in [1.54, 1.807) is 24.3 Å². The van der Waals surface area contributed by atoms with Gasteiger partial charge in [0.25, 0.3) is 11.8 Å². The van der Waals surface area contributed by atoms with Crippen molar-refractivity contribution in [2.75, 3.05) is 38.1 Å². The molecule has 0 aliphatic heterocycles. The number of nitrogens with one attached hydrogen (secondary N) is 2. The van der Waals surface area contributed by atoms with Crippen LogP contribution in [0.2, 0.25) is 10.0 Å². The van der Waals surface area contributed by atoms with Gasteiger partial charge in [0.05, 0.1) is 24.3 Å². The molecule has 2 N–H and O–H groups in total. The van der Waals surface area contributed by atoms with Crippen LogP contribution in [0.5, 0.6) is 11.5 Å². The van der Waals surface area contributed by atoms with Crippen LogP contribution in [0.1, 0.15) is 0 Å². The molecule has 0 saturated heterocycles. The van der Waals surface area contributed by atoms with Crippen molar-refractivity contribution in [3.63, 3.8) is 0 Å². The number of esters is 2. The average Bonchev–Trinajstić information content (AvgIpc) is 2.80. The Hall–Kier alpha value is -3.76. The number of hydrogen-bond donors (Lipinski definition) is 2. The highest BCUT2D eigenvalue weighted by molar-refractivity contribution is 6.32. The first kappa shape index (κ1) is 26.5. The molecule has 0 aliphatic rings. The molecule has 10 nitrogen and oxygen atoms in total. The van der Waals surface area contributed by atoms with Crippen LogP contribution in [-0.4, -0.2) is 51.2 Å². The van der Waals surface area contributed by atoms with Crippen molar-refractivity contribution < 1.29 is 38.1 Å². The number of rotatable bonds is 10. The van der Waals surface area contributed by atoms with E-state index < -0.39 is 37.0 Å². The van der Waals surface area contributed by atoms with Gasteiger partial charge in [-0.25, -0.2) is 9.59 Å². The lowest BCUT2D eigenvalue weighted by Crippen LogP contribution is -2.21. The van der Waals surface area contributed by atoms with E-state index in [2.05, 4.69) is 10.6 Å². The van der Waals surface area contributed by atoms with E-state index in [0.29, 0.717) is 32.9 Å². The highest BCUT2D eigenvalue weighted by atomic mass is 35.5. The van der Waals surface area contributed by atoms with Crippen LogP contribution in [-0.2, 0) is 28.7 Å². The lowest BCUT2D eigenvalue weighted by Gasteiger charge is -2.08. The molecule has 2 rings (SSSR count). The maximum Gasteiger partial charge on any atom is 0.331 e. The van der Waals surface area contributed by atoms with Gasteiger partial charge >= 0.3 is 11.9 Å². The van der Waals surface area contributed by atoms with Crippen molar-refractivity contribution in [3.05, 3.63) is 58.6 Å². The van der Waals surface area contributed by atoms with Gasteiger partial charge < -0.3 is 29.6 Å². The predicted molar refractivity (Wildman–Crippen MR) is 124 cm³/mol. The standard InChI is InChI=1S/C22H20Cl2N2O8/c1-31-17-5-3-13(9-15(17)23)25-19(27)11-33-21(29)7-8-22(30)34-12-20(28)26-14-4-6-18(32-2)16(24)10-14/h3-10H,11-12H2,1-2H3,(H,25,27)(H,26,28)/b8-7+. The van der Waals surface area contributed by atoms with E-state index >= 15 is 0 Å². The minimum Gasteiger partial charge on any atom is -0.495 e. The summed E-state index contributed by atoms with van der Waals surface area (Å²) in [5, 5.41) is 5.55. The molecule has 0 spiro atoms. The molecule has 0 bridgehead atoms. The van der Waals surface area contributed by atoms with Crippen molar-refractivity contribution in [3.8, 4) is 11.5 Å². The molecule has 0 saturated carbocycles. The smallest absolute Gasteiger partial charge is 0.331 e. The molecule has 0 fully saturated rings. The van der Waals surface area contributed by atoms with Gasteiger partial charge in [-0.05, 0) is 36.4 Å².